The first-order valence-corrected chi connectivity index (χ1v) is 18.0. The molecule has 0 saturated heterocycles. The molecule has 3 aromatic heterocycles. The number of nitro groups is 1. The van der Waals surface area contributed by atoms with Gasteiger partial charge in [0, 0.05) is 59.3 Å². The number of para-hydroxylation sites is 2. The summed E-state index contributed by atoms with van der Waals surface area (Å²) in [6.07, 6.45) is 0. The zero-order valence-corrected chi connectivity index (χ0v) is 28.9. The molecule has 10 rings (SSSR count). The predicted molar refractivity (Wildman–Crippen MR) is 215 cm³/mol. The van der Waals surface area contributed by atoms with Gasteiger partial charge in [0.2, 0.25) is 0 Å². The average molecular weight is 702 g/mol. The van der Waals surface area contributed by atoms with Crippen LogP contribution in [0.4, 0.5) is 5.69 Å². The summed E-state index contributed by atoms with van der Waals surface area (Å²) in [7, 11) is 0. The van der Waals surface area contributed by atoms with E-state index in [1.54, 1.807) is 23.5 Å². The molecule has 0 amide bonds. The van der Waals surface area contributed by atoms with Crippen LogP contribution in [0.25, 0.3) is 93.0 Å². The van der Waals surface area contributed by atoms with E-state index in [1.165, 1.54) is 14.8 Å². The molecule has 0 bridgehead atoms. The Morgan fingerprint density at radius 3 is 1.83 bits per heavy atom. The molecule has 0 radical (unpaired) electrons. The van der Waals surface area contributed by atoms with Crippen molar-refractivity contribution in [3.63, 3.8) is 0 Å². The van der Waals surface area contributed by atoms with Gasteiger partial charge in [-0.3, -0.25) is 10.1 Å². The monoisotopic (exact) mass is 701 g/mol. The standard InChI is InChI=1S/C45H27N5O2S/c51-50(52)38-21-11-8-18-32(38)35-27-30(45-47-43(28-13-3-1-4-14-28)46-44(48-45)29-15-5-2-6-16-29)23-25-37(35)49-36-20-10-7-17-31(36)33-24-26-40-41(42(33)49)34-19-9-12-22-39(34)53-40/h1-27H. The second-order valence-corrected chi connectivity index (χ2v) is 13.9. The number of hydrogen-bond donors (Lipinski definition) is 0. The van der Waals surface area contributed by atoms with Gasteiger partial charge < -0.3 is 4.57 Å². The molecule has 0 N–H and O–H groups in total. The summed E-state index contributed by atoms with van der Waals surface area (Å²) >= 11 is 1.77. The molecular weight excluding hydrogens is 675 g/mol. The van der Waals surface area contributed by atoms with Gasteiger partial charge >= 0.3 is 0 Å². The molecule has 0 saturated carbocycles. The fourth-order valence-electron chi connectivity index (χ4n) is 7.40. The van der Waals surface area contributed by atoms with E-state index in [2.05, 4.69) is 65.2 Å². The quantitative estimate of drug-likeness (QED) is 0.127. The minimum Gasteiger partial charge on any atom is -0.308 e. The van der Waals surface area contributed by atoms with Crippen LogP contribution >= 0.6 is 11.3 Å². The molecular formula is C45H27N5O2S. The highest BCUT2D eigenvalue weighted by Crippen LogP contribution is 2.45. The second-order valence-electron chi connectivity index (χ2n) is 12.8. The number of fused-ring (bicyclic) bond motifs is 7. The highest BCUT2D eigenvalue weighted by Gasteiger charge is 2.24. The molecule has 8 heteroatoms. The third kappa shape index (κ3) is 5.07. The van der Waals surface area contributed by atoms with Crippen LogP contribution < -0.4 is 0 Å². The summed E-state index contributed by atoms with van der Waals surface area (Å²) < 4.78 is 4.67. The van der Waals surface area contributed by atoms with Crippen LogP contribution in [0.3, 0.4) is 0 Å². The zero-order chi connectivity index (χ0) is 35.5. The van der Waals surface area contributed by atoms with Crippen LogP contribution in [0.2, 0.25) is 0 Å². The van der Waals surface area contributed by atoms with Gasteiger partial charge in [0.15, 0.2) is 17.5 Å². The lowest BCUT2D eigenvalue weighted by atomic mass is 9.98. The number of hydrogen-bond acceptors (Lipinski definition) is 6. The number of aromatic nitrogens is 4. The van der Waals surface area contributed by atoms with Gasteiger partial charge in [-0.05, 0) is 42.5 Å². The van der Waals surface area contributed by atoms with E-state index < -0.39 is 0 Å². The van der Waals surface area contributed by atoms with Gasteiger partial charge in [-0.1, -0.05) is 115 Å². The molecule has 0 aliphatic heterocycles. The number of rotatable bonds is 6. The van der Waals surface area contributed by atoms with Crippen LogP contribution in [0.1, 0.15) is 0 Å². The Morgan fingerprint density at radius 2 is 1.11 bits per heavy atom. The van der Waals surface area contributed by atoms with Crippen molar-refractivity contribution in [3.8, 4) is 51.0 Å². The van der Waals surface area contributed by atoms with E-state index in [4.69, 9.17) is 15.0 Å². The normalized spacial score (nSPS) is 11.5. The van der Waals surface area contributed by atoms with Crippen molar-refractivity contribution in [2.24, 2.45) is 0 Å². The van der Waals surface area contributed by atoms with Crippen LogP contribution in [-0.4, -0.2) is 24.4 Å². The van der Waals surface area contributed by atoms with Crippen molar-refractivity contribution in [2.75, 3.05) is 0 Å². The van der Waals surface area contributed by atoms with Gasteiger partial charge in [-0.25, -0.2) is 15.0 Å². The highest BCUT2D eigenvalue weighted by atomic mass is 32.1. The maximum Gasteiger partial charge on any atom is 0.277 e. The van der Waals surface area contributed by atoms with Crippen LogP contribution in [-0.2, 0) is 0 Å². The Labute approximate surface area is 307 Å². The first-order chi connectivity index (χ1) is 26.1. The van der Waals surface area contributed by atoms with Crippen molar-refractivity contribution in [3.05, 3.63) is 174 Å². The summed E-state index contributed by atoms with van der Waals surface area (Å²) in [4.78, 5) is 27.2. The third-order valence-electron chi connectivity index (χ3n) is 9.76. The van der Waals surface area contributed by atoms with Crippen LogP contribution in [0.15, 0.2) is 164 Å². The molecule has 0 spiro atoms. The van der Waals surface area contributed by atoms with Crippen molar-refractivity contribution in [2.45, 2.75) is 0 Å². The fraction of sp³-hybridized carbons (Fsp3) is 0. The second kappa shape index (κ2) is 12.3. The lowest BCUT2D eigenvalue weighted by Crippen LogP contribution is -2.02. The number of nitro benzene ring substituents is 1. The highest BCUT2D eigenvalue weighted by molar-refractivity contribution is 7.26. The lowest BCUT2D eigenvalue weighted by Gasteiger charge is -2.17. The van der Waals surface area contributed by atoms with Crippen LogP contribution in [0.5, 0.6) is 0 Å². The summed E-state index contributed by atoms with van der Waals surface area (Å²) in [5, 5.41) is 17.2. The van der Waals surface area contributed by atoms with E-state index >= 15 is 0 Å². The Kier molecular flexibility index (Phi) is 7.16. The van der Waals surface area contributed by atoms with Crippen molar-refractivity contribution < 1.29 is 4.92 Å². The minimum atomic E-state index is -0.313. The molecule has 0 unspecified atom stereocenters. The maximum atomic E-state index is 12.6. The molecule has 7 nitrogen and oxygen atoms in total. The molecule has 0 aliphatic rings. The van der Waals surface area contributed by atoms with E-state index in [1.807, 2.05) is 91.0 Å². The first kappa shape index (κ1) is 30.8. The molecule has 0 aliphatic carbocycles. The van der Waals surface area contributed by atoms with Gasteiger partial charge in [0.25, 0.3) is 5.69 Å². The summed E-state index contributed by atoms with van der Waals surface area (Å²) in [6.45, 7) is 0. The summed E-state index contributed by atoms with van der Waals surface area (Å²) in [5.74, 6) is 1.55. The van der Waals surface area contributed by atoms with Gasteiger partial charge in [0.05, 0.1) is 27.2 Å². The van der Waals surface area contributed by atoms with Crippen LogP contribution in [0, 0.1) is 10.1 Å². The number of thiophene rings is 1. The minimum absolute atomic E-state index is 0.0170. The largest absolute Gasteiger partial charge is 0.308 e. The molecule has 250 valence electrons. The first-order valence-electron chi connectivity index (χ1n) is 17.2. The van der Waals surface area contributed by atoms with E-state index in [9.17, 15) is 10.1 Å². The molecule has 7 aromatic carbocycles. The van der Waals surface area contributed by atoms with Gasteiger partial charge in [0.1, 0.15) is 0 Å². The molecule has 0 atom stereocenters. The Hall–Kier alpha value is -7.03. The predicted octanol–water partition coefficient (Wildman–Crippen LogP) is 11.9. The number of benzene rings is 7. The summed E-state index contributed by atoms with van der Waals surface area (Å²) in [5.41, 5.74) is 6.54. The van der Waals surface area contributed by atoms with E-state index in [-0.39, 0.29) is 10.6 Å². The van der Waals surface area contributed by atoms with Crippen molar-refractivity contribution >= 4 is 59.0 Å². The van der Waals surface area contributed by atoms with Gasteiger partial charge in [-0.2, -0.15) is 0 Å². The van der Waals surface area contributed by atoms with Gasteiger partial charge in [-0.15, -0.1) is 11.3 Å². The van der Waals surface area contributed by atoms with Crippen molar-refractivity contribution in [1.82, 2.24) is 19.5 Å². The molecule has 0 fully saturated rings. The number of nitrogens with zero attached hydrogens (tertiary/aromatic N) is 5. The zero-order valence-electron chi connectivity index (χ0n) is 28.0. The maximum absolute atomic E-state index is 12.6. The Morgan fingerprint density at radius 1 is 0.509 bits per heavy atom. The summed E-state index contributed by atoms with van der Waals surface area (Å²) in [6, 6.07) is 53.9. The Balaban J connectivity index is 1.30. The smallest absolute Gasteiger partial charge is 0.277 e. The SMILES string of the molecule is O=[N+]([O-])c1ccccc1-c1cc(-c2nc(-c3ccccc3)nc(-c3ccccc3)n2)ccc1-n1c2ccccc2c2ccc3sc4ccccc4c3c21. The molecule has 53 heavy (non-hydrogen) atoms. The topological polar surface area (TPSA) is 86.7 Å². The van der Waals surface area contributed by atoms with Crippen molar-refractivity contribution in [1.29, 1.82) is 0 Å². The molecule has 3 heterocycles. The average Bonchev–Trinajstić information content (AvgIpc) is 3.77. The molecule has 10 aromatic rings. The third-order valence-corrected chi connectivity index (χ3v) is 10.9. The fourth-order valence-corrected chi connectivity index (χ4v) is 8.51. The lowest BCUT2D eigenvalue weighted by molar-refractivity contribution is -0.384. The Bertz CT molecular complexity index is 2990. The van der Waals surface area contributed by atoms with E-state index in [0.717, 1.165) is 44.0 Å². The van der Waals surface area contributed by atoms with E-state index in [0.29, 0.717) is 34.2 Å².